The van der Waals surface area contributed by atoms with E-state index < -0.39 is 0 Å². The minimum atomic E-state index is 0. The summed E-state index contributed by atoms with van der Waals surface area (Å²) in [6.45, 7) is 8.73. The molecule has 0 saturated carbocycles. The molecule has 1 saturated heterocycles. The van der Waals surface area contributed by atoms with Gasteiger partial charge in [0.25, 0.3) is 0 Å². The van der Waals surface area contributed by atoms with Gasteiger partial charge in [0, 0.05) is 51.0 Å². The molecule has 3 N–H and O–H groups in total. The normalized spacial score (nSPS) is 16.6. The monoisotopic (exact) mass is 548 g/mol. The van der Waals surface area contributed by atoms with Gasteiger partial charge in [-0.2, -0.15) is 5.10 Å². The fourth-order valence-corrected chi connectivity index (χ4v) is 3.63. The summed E-state index contributed by atoms with van der Waals surface area (Å²) in [7, 11) is 6.07. The Morgan fingerprint density at radius 3 is 2.55 bits per heavy atom. The van der Waals surface area contributed by atoms with Crippen LogP contribution >= 0.6 is 24.0 Å². The predicted molar refractivity (Wildman–Crippen MR) is 137 cm³/mol. The number of likely N-dealkylation sites (tertiary alicyclic amines) is 1. The first-order valence-electron chi connectivity index (χ1n) is 11.1. The molecule has 1 fully saturated rings. The Kier molecular flexibility index (Phi) is 13.0. The highest BCUT2D eigenvalue weighted by Gasteiger charge is 2.22. The van der Waals surface area contributed by atoms with Crippen molar-refractivity contribution in [3.8, 4) is 0 Å². The lowest BCUT2D eigenvalue weighted by atomic mass is 10.1. The molecule has 1 atom stereocenters. The van der Waals surface area contributed by atoms with Crippen LogP contribution < -0.4 is 16.0 Å². The fourth-order valence-electron chi connectivity index (χ4n) is 3.63. The summed E-state index contributed by atoms with van der Waals surface area (Å²) in [5, 5.41) is 14.2. The smallest absolute Gasteiger partial charge is 0.234 e. The number of guanidine groups is 1. The third kappa shape index (κ3) is 9.73. The summed E-state index contributed by atoms with van der Waals surface area (Å²) in [5.41, 5.74) is 1.16. The Hall–Kier alpha value is -1.40. The standard InChI is InChI=1S/C21H40N8O.HI/c1-6-10-23-20(30)16-29-11-8-18(9-12-29)26-21(22-7-2)24-14-19(27(3)4)17-13-25-28(5)15-17;/h13,15,18-19H,6-12,14,16H2,1-5H3,(H,23,30)(H2,22,24,26);1H. The number of hydrogen-bond acceptors (Lipinski definition) is 5. The molecule has 1 amide bonds. The second-order valence-electron chi connectivity index (χ2n) is 8.19. The summed E-state index contributed by atoms with van der Waals surface area (Å²) in [6.07, 6.45) is 6.94. The van der Waals surface area contributed by atoms with Crippen LogP contribution in [0.25, 0.3) is 0 Å². The predicted octanol–water partition coefficient (Wildman–Crippen LogP) is 1.19. The van der Waals surface area contributed by atoms with Gasteiger partial charge in [0.15, 0.2) is 5.96 Å². The summed E-state index contributed by atoms with van der Waals surface area (Å²) in [4.78, 5) is 21.2. The van der Waals surface area contributed by atoms with Crippen LogP contribution in [0.3, 0.4) is 0 Å². The SMILES string of the molecule is CCCNC(=O)CN1CCC(NC(=NCC(c2cnn(C)c2)N(C)C)NCC)CC1.I. The van der Waals surface area contributed by atoms with Crippen molar-refractivity contribution in [3.05, 3.63) is 18.0 Å². The van der Waals surface area contributed by atoms with Gasteiger partial charge in [-0.25, -0.2) is 0 Å². The van der Waals surface area contributed by atoms with Crippen molar-refractivity contribution in [1.82, 2.24) is 35.5 Å². The lowest BCUT2D eigenvalue weighted by molar-refractivity contribution is -0.122. The number of amides is 1. The molecule has 1 aliphatic rings. The Morgan fingerprint density at radius 2 is 2.00 bits per heavy atom. The highest BCUT2D eigenvalue weighted by molar-refractivity contribution is 14.0. The van der Waals surface area contributed by atoms with E-state index >= 15 is 0 Å². The van der Waals surface area contributed by atoms with E-state index in [9.17, 15) is 4.79 Å². The van der Waals surface area contributed by atoms with Gasteiger partial charge in [-0.05, 0) is 40.3 Å². The Bertz CT molecular complexity index is 670. The Balaban J connectivity index is 0.00000480. The van der Waals surface area contributed by atoms with E-state index in [-0.39, 0.29) is 35.9 Å². The van der Waals surface area contributed by atoms with Gasteiger partial charge in [-0.3, -0.25) is 19.4 Å². The van der Waals surface area contributed by atoms with Crippen LogP contribution in [0.4, 0.5) is 0 Å². The zero-order valence-corrected chi connectivity index (χ0v) is 22.1. The Morgan fingerprint density at radius 1 is 1.29 bits per heavy atom. The van der Waals surface area contributed by atoms with Crippen LogP contribution in [0.15, 0.2) is 17.4 Å². The van der Waals surface area contributed by atoms with Gasteiger partial charge in [-0.15, -0.1) is 24.0 Å². The van der Waals surface area contributed by atoms with Crippen molar-refractivity contribution in [2.45, 2.75) is 45.2 Å². The number of halogens is 1. The molecule has 0 aromatic carbocycles. The van der Waals surface area contributed by atoms with Crippen LogP contribution in [0.2, 0.25) is 0 Å². The summed E-state index contributed by atoms with van der Waals surface area (Å²) in [6, 6.07) is 0.548. The number of nitrogens with zero attached hydrogens (tertiary/aromatic N) is 5. The summed E-state index contributed by atoms with van der Waals surface area (Å²) < 4.78 is 1.83. The average molecular weight is 549 g/mol. The number of hydrogen-bond donors (Lipinski definition) is 3. The maximum Gasteiger partial charge on any atom is 0.234 e. The third-order valence-electron chi connectivity index (χ3n) is 5.37. The topological polar surface area (TPSA) is 89.8 Å². The number of likely N-dealkylation sites (N-methyl/N-ethyl adjacent to an activating group) is 1. The van der Waals surface area contributed by atoms with E-state index in [0.29, 0.717) is 19.1 Å². The molecule has 2 heterocycles. The zero-order valence-electron chi connectivity index (χ0n) is 19.7. The number of carbonyl (C=O) groups is 1. The van der Waals surface area contributed by atoms with E-state index in [1.54, 1.807) is 0 Å². The van der Waals surface area contributed by atoms with Crippen molar-refractivity contribution in [2.24, 2.45) is 12.0 Å². The lowest BCUT2D eigenvalue weighted by Crippen LogP contribution is -2.50. The third-order valence-corrected chi connectivity index (χ3v) is 5.37. The van der Waals surface area contributed by atoms with E-state index in [4.69, 9.17) is 4.99 Å². The average Bonchev–Trinajstić information content (AvgIpc) is 3.13. The number of aryl methyl sites for hydroxylation is 1. The lowest BCUT2D eigenvalue weighted by Gasteiger charge is -2.32. The molecule has 1 aromatic rings. The van der Waals surface area contributed by atoms with Crippen molar-refractivity contribution >= 4 is 35.8 Å². The van der Waals surface area contributed by atoms with E-state index in [0.717, 1.165) is 57.0 Å². The van der Waals surface area contributed by atoms with Gasteiger partial charge in [0.2, 0.25) is 5.91 Å². The molecule has 9 nitrogen and oxygen atoms in total. The van der Waals surface area contributed by atoms with Gasteiger partial charge >= 0.3 is 0 Å². The van der Waals surface area contributed by atoms with E-state index in [1.807, 2.05) is 24.1 Å². The maximum atomic E-state index is 11.9. The van der Waals surface area contributed by atoms with Gasteiger partial charge in [0.05, 0.1) is 25.3 Å². The van der Waals surface area contributed by atoms with Crippen molar-refractivity contribution < 1.29 is 4.79 Å². The highest BCUT2D eigenvalue weighted by atomic mass is 127. The number of aromatic nitrogens is 2. The second-order valence-corrected chi connectivity index (χ2v) is 8.19. The molecule has 31 heavy (non-hydrogen) atoms. The molecule has 178 valence electrons. The fraction of sp³-hybridized carbons (Fsp3) is 0.762. The quantitative estimate of drug-likeness (QED) is 0.231. The number of aliphatic imine (C=N–C) groups is 1. The first-order chi connectivity index (χ1) is 14.4. The first kappa shape index (κ1) is 27.6. The molecule has 1 aromatic heterocycles. The van der Waals surface area contributed by atoms with Gasteiger partial charge in [0.1, 0.15) is 0 Å². The van der Waals surface area contributed by atoms with Crippen LogP contribution in [-0.2, 0) is 11.8 Å². The van der Waals surface area contributed by atoms with Crippen LogP contribution in [-0.4, -0.2) is 90.9 Å². The second kappa shape index (κ2) is 14.6. The van der Waals surface area contributed by atoms with Crippen molar-refractivity contribution in [2.75, 3.05) is 53.4 Å². The largest absolute Gasteiger partial charge is 0.357 e. The number of piperidine rings is 1. The van der Waals surface area contributed by atoms with Crippen LogP contribution in [0, 0.1) is 0 Å². The molecular weight excluding hydrogens is 507 g/mol. The first-order valence-corrected chi connectivity index (χ1v) is 11.1. The summed E-state index contributed by atoms with van der Waals surface area (Å²) >= 11 is 0. The molecule has 1 unspecified atom stereocenters. The molecule has 2 rings (SSSR count). The highest BCUT2D eigenvalue weighted by Crippen LogP contribution is 2.17. The molecule has 0 spiro atoms. The number of rotatable bonds is 10. The minimum absolute atomic E-state index is 0. The van der Waals surface area contributed by atoms with Gasteiger partial charge < -0.3 is 20.9 Å². The van der Waals surface area contributed by atoms with E-state index in [1.165, 1.54) is 0 Å². The van der Waals surface area contributed by atoms with Crippen LogP contribution in [0.5, 0.6) is 0 Å². The molecule has 0 bridgehead atoms. The van der Waals surface area contributed by atoms with Crippen LogP contribution in [0.1, 0.15) is 44.7 Å². The zero-order chi connectivity index (χ0) is 21.9. The minimum Gasteiger partial charge on any atom is -0.357 e. The molecule has 0 aliphatic carbocycles. The number of carbonyl (C=O) groups excluding carboxylic acids is 1. The summed E-state index contributed by atoms with van der Waals surface area (Å²) in [5.74, 6) is 0.982. The Labute approximate surface area is 204 Å². The molecular formula is C21H41IN8O. The molecule has 0 radical (unpaired) electrons. The maximum absolute atomic E-state index is 11.9. The van der Waals surface area contributed by atoms with E-state index in [2.05, 4.69) is 58.8 Å². The van der Waals surface area contributed by atoms with Crippen molar-refractivity contribution in [3.63, 3.8) is 0 Å². The molecule has 10 heteroatoms. The molecule has 1 aliphatic heterocycles. The van der Waals surface area contributed by atoms with Gasteiger partial charge in [-0.1, -0.05) is 6.92 Å². The van der Waals surface area contributed by atoms with Crippen molar-refractivity contribution in [1.29, 1.82) is 0 Å². The number of nitrogens with one attached hydrogen (secondary N) is 3.